The highest BCUT2D eigenvalue weighted by atomic mass is 16.4. The van der Waals surface area contributed by atoms with Crippen LogP contribution < -0.4 is 16.4 Å². The van der Waals surface area contributed by atoms with Gasteiger partial charge in [0.1, 0.15) is 12.1 Å². The Kier molecular flexibility index (Phi) is 7.06. The maximum absolute atomic E-state index is 12.0. The number of nitrogens with two attached hydrogens (primary N) is 1. The summed E-state index contributed by atoms with van der Waals surface area (Å²) >= 11 is 0. The van der Waals surface area contributed by atoms with Crippen molar-refractivity contribution in [2.24, 2.45) is 11.7 Å². The first-order valence-corrected chi connectivity index (χ1v) is 6.29. The van der Waals surface area contributed by atoms with Gasteiger partial charge in [0, 0.05) is 0 Å². The van der Waals surface area contributed by atoms with E-state index in [9.17, 15) is 14.4 Å². The van der Waals surface area contributed by atoms with E-state index in [-0.39, 0.29) is 5.92 Å². The molecule has 19 heavy (non-hydrogen) atoms. The minimum Gasteiger partial charge on any atom is -0.480 e. The van der Waals surface area contributed by atoms with Gasteiger partial charge < -0.3 is 21.5 Å². The van der Waals surface area contributed by atoms with Crippen molar-refractivity contribution in [1.29, 1.82) is 0 Å². The lowest BCUT2D eigenvalue weighted by atomic mass is 9.97. The third kappa shape index (κ3) is 5.69. The van der Waals surface area contributed by atoms with Gasteiger partial charge >= 0.3 is 5.97 Å². The fourth-order valence-corrected chi connectivity index (χ4v) is 1.35. The number of hydrogen-bond donors (Lipinski definition) is 4. The number of nitrogens with one attached hydrogen (secondary N) is 2. The van der Waals surface area contributed by atoms with Crippen LogP contribution in [0.4, 0.5) is 0 Å². The highest BCUT2D eigenvalue weighted by Crippen LogP contribution is 2.08. The van der Waals surface area contributed by atoms with Crippen molar-refractivity contribution in [2.75, 3.05) is 0 Å². The average molecular weight is 273 g/mol. The standard InChI is InChI=1S/C12H23N3O4/c1-5-6(2)9(15-10(16)7(3)13)11(17)14-8(4)12(18)19/h6-9H,5,13H2,1-4H3,(H,14,17)(H,15,16)(H,18,19)/t6?,7?,8-,9-/m0/s1. The number of rotatable bonds is 7. The molecule has 0 bridgehead atoms. The molecular formula is C12H23N3O4. The van der Waals surface area contributed by atoms with E-state index in [1.165, 1.54) is 13.8 Å². The molecule has 0 spiro atoms. The first kappa shape index (κ1) is 17.4. The van der Waals surface area contributed by atoms with E-state index < -0.39 is 35.9 Å². The number of amides is 2. The van der Waals surface area contributed by atoms with Crippen molar-refractivity contribution in [1.82, 2.24) is 10.6 Å². The van der Waals surface area contributed by atoms with Crippen LogP contribution in [0.5, 0.6) is 0 Å². The molecule has 0 aromatic heterocycles. The van der Waals surface area contributed by atoms with Gasteiger partial charge in [0.25, 0.3) is 0 Å². The second kappa shape index (κ2) is 7.73. The Morgan fingerprint density at radius 2 is 1.63 bits per heavy atom. The molecule has 7 heteroatoms. The Bertz CT molecular complexity index is 344. The van der Waals surface area contributed by atoms with Crippen LogP contribution in [-0.4, -0.2) is 41.0 Å². The zero-order valence-corrected chi connectivity index (χ0v) is 11.8. The Morgan fingerprint density at radius 1 is 1.11 bits per heavy atom. The summed E-state index contributed by atoms with van der Waals surface area (Å²) in [7, 11) is 0. The Hall–Kier alpha value is -1.63. The summed E-state index contributed by atoms with van der Waals surface area (Å²) in [5.41, 5.74) is 5.44. The van der Waals surface area contributed by atoms with Crippen molar-refractivity contribution in [3.8, 4) is 0 Å². The molecule has 0 fully saturated rings. The van der Waals surface area contributed by atoms with Gasteiger partial charge in [0.15, 0.2) is 0 Å². The second-order valence-corrected chi connectivity index (χ2v) is 4.73. The molecule has 110 valence electrons. The summed E-state index contributed by atoms with van der Waals surface area (Å²) < 4.78 is 0. The van der Waals surface area contributed by atoms with Crippen LogP contribution >= 0.6 is 0 Å². The first-order chi connectivity index (χ1) is 8.70. The van der Waals surface area contributed by atoms with Gasteiger partial charge in [0.05, 0.1) is 6.04 Å². The summed E-state index contributed by atoms with van der Waals surface area (Å²) in [6.45, 7) is 6.56. The van der Waals surface area contributed by atoms with Crippen LogP contribution in [0.1, 0.15) is 34.1 Å². The molecule has 0 radical (unpaired) electrons. The first-order valence-electron chi connectivity index (χ1n) is 6.29. The van der Waals surface area contributed by atoms with Crippen molar-refractivity contribution in [3.05, 3.63) is 0 Å². The zero-order valence-electron chi connectivity index (χ0n) is 11.8. The molecule has 7 nitrogen and oxygen atoms in total. The largest absolute Gasteiger partial charge is 0.480 e. The smallest absolute Gasteiger partial charge is 0.325 e. The van der Waals surface area contributed by atoms with E-state index in [1.807, 2.05) is 6.92 Å². The Labute approximate surface area is 112 Å². The van der Waals surface area contributed by atoms with Crippen molar-refractivity contribution in [2.45, 2.75) is 52.2 Å². The highest BCUT2D eigenvalue weighted by Gasteiger charge is 2.28. The van der Waals surface area contributed by atoms with E-state index in [0.717, 1.165) is 0 Å². The van der Waals surface area contributed by atoms with Crippen LogP contribution in [0.25, 0.3) is 0 Å². The molecular weight excluding hydrogens is 250 g/mol. The fraction of sp³-hybridized carbons (Fsp3) is 0.750. The predicted molar refractivity (Wildman–Crippen MR) is 70.3 cm³/mol. The third-order valence-electron chi connectivity index (χ3n) is 2.94. The molecule has 0 aromatic carbocycles. The summed E-state index contributed by atoms with van der Waals surface area (Å²) in [6, 6.07) is -2.52. The van der Waals surface area contributed by atoms with E-state index in [2.05, 4.69) is 10.6 Å². The summed E-state index contributed by atoms with van der Waals surface area (Å²) in [4.78, 5) is 34.3. The fourth-order valence-electron chi connectivity index (χ4n) is 1.35. The quantitative estimate of drug-likeness (QED) is 0.496. The van der Waals surface area contributed by atoms with Crippen molar-refractivity contribution >= 4 is 17.8 Å². The minimum absolute atomic E-state index is 0.122. The Balaban J connectivity index is 4.80. The number of carbonyl (C=O) groups excluding carboxylic acids is 2. The number of carboxylic acid groups (broad SMARTS) is 1. The second-order valence-electron chi connectivity index (χ2n) is 4.73. The maximum atomic E-state index is 12.0. The number of aliphatic carboxylic acids is 1. The molecule has 0 heterocycles. The average Bonchev–Trinajstić information content (AvgIpc) is 2.33. The van der Waals surface area contributed by atoms with Crippen LogP contribution in [0.3, 0.4) is 0 Å². The van der Waals surface area contributed by atoms with Crippen molar-refractivity contribution in [3.63, 3.8) is 0 Å². The molecule has 0 aliphatic heterocycles. The molecule has 4 atom stereocenters. The summed E-state index contributed by atoms with van der Waals surface area (Å²) in [6.07, 6.45) is 0.665. The lowest BCUT2D eigenvalue weighted by Crippen LogP contribution is -2.55. The molecule has 2 unspecified atom stereocenters. The minimum atomic E-state index is -1.13. The maximum Gasteiger partial charge on any atom is 0.325 e. The molecule has 0 saturated heterocycles. The van der Waals surface area contributed by atoms with Gasteiger partial charge in [-0.3, -0.25) is 14.4 Å². The van der Waals surface area contributed by atoms with E-state index in [0.29, 0.717) is 6.42 Å². The molecule has 0 saturated carbocycles. The van der Waals surface area contributed by atoms with Gasteiger partial charge in [0.2, 0.25) is 11.8 Å². The molecule has 2 amide bonds. The van der Waals surface area contributed by atoms with E-state index in [4.69, 9.17) is 10.8 Å². The van der Waals surface area contributed by atoms with Gasteiger partial charge in [-0.2, -0.15) is 0 Å². The van der Waals surface area contributed by atoms with Gasteiger partial charge in [-0.05, 0) is 19.8 Å². The summed E-state index contributed by atoms with van der Waals surface area (Å²) in [5.74, 6) is -2.21. The highest BCUT2D eigenvalue weighted by molar-refractivity contribution is 5.91. The van der Waals surface area contributed by atoms with Crippen LogP contribution in [0.15, 0.2) is 0 Å². The van der Waals surface area contributed by atoms with E-state index >= 15 is 0 Å². The molecule has 5 N–H and O–H groups in total. The topological polar surface area (TPSA) is 122 Å². The van der Waals surface area contributed by atoms with Gasteiger partial charge in [-0.1, -0.05) is 20.3 Å². The lowest BCUT2D eigenvalue weighted by Gasteiger charge is -2.25. The van der Waals surface area contributed by atoms with Gasteiger partial charge in [-0.25, -0.2) is 0 Å². The number of hydrogen-bond acceptors (Lipinski definition) is 4. The predicted octanol–water partition coefficient (Wildman–Crippen LogP) is -0.546. The number of carboxylic acids is 1. The SMILES string of the molecule is CCC(C)[C@H](NC(=O)C(C)N)C(=O)N[C@@H](C)C(=O)O. The molecule has 0 rings (SSSR count). The van der Waals surface area contributed by atoms with Crippen LogP contribution in [0.2, 0.25) is 0 Å². The van der Waals surface area contributed by atoms with Crippen LogP contribution in [-0.2, 0) is 14.4 Å². The lowest BCUT2D eigenvalue weighted by molar-refractivity contribution is -0.142. The zero-order chi connectivity index (χ0) is 15.2. The van der Waals surface area contributed by atoms with Gasteiger partial charge in [-0.15, -0.1) is 0 Å². The van der Waals surface area contributed by atoms with E-state index in [1.54, 1.807) is 6.92 Å². The summed E-state index contributed by atoms with van der Waals surface area (Å²) in [5, 5.41) is 13.6. The molecule has 0 aliphatic carbocycles. The third-order valence-corrected chi connectivity index (χ3v) is 2.94. The molecule has 0 aromatic rings. The normalized spacial score (nSPS) is 16.9. The monoisotopic (exact) mass is 273 g/mol. The van der Waals surface area contributed by atoms with Crippen molar-refractivity contribution < 1.29 is 19.5 Å². The number of carbonyl (C=O) groups is 3. The molecule has 0 aliphatic rings. The Morgan fingerprint density at radius 3 is 2.00 bits per heavy atom. The van der Waals surface area contributed by atoms with Crippen LogP contribution in [0, 0.1) is 5.92 Å².